The van der Waals surface area contributed by atoms with E-state index in [1.165, 1.54) is 0 Å². The molecular formula is C9H15N. The van der Waals surface area contributed by atoms with E-state index in [1.807, 2.05) is 6.08 Å². The Morgan fingerprint density at radius 2 is 2.50 bits per heavy atom. The molecule has 0 aliphatic heterocycles. The van der Waals surface area contributed by atoms with E-state index in [4.69, 9.17) is 6.42 Å². The number of allylic oxidation sites excluding steroid dienone is 1. The molecule has 0 aliphatic carbocycles. The largest absolute Gasteiger partial charge is 0.304 e. The van der Waals surface area contributed by atoms with Gasteiger partial charge in [0.1, 0.15) is 0 Å². The monoisotopic (exact) mass is 137 g/mol. The van der Waals surface area contributed by atoms with E-state index in [1.54, 1.807) is 0 Å². The predicted molar refractivity (Wildman–Crippen MR) is 45.7 cm³/mol. The van der Waals surface area contributed by atoms with E-state index in [0.29, 0.717) is 12.6 Å². The van der Waals surface area contributed by atoms with Crippen LogP contribution >= 0.6 is 0 Å². The summed E-state index contributed by atoms with van der Waals surface area (Å²) in [6.07, 6.45) is 9.17. The van der Waals surface area contributed by atoms with E-state index in [2.05, 4.69) is 24.7 Å². The van der Waals surface area contributed by atoms with Crippen LogP contribution in [-0.2, 0) is 0 Å². The van der Waals surface area contributed by atoms with Gasteiger partial charge in [0.15, 0.2) is 0 Å². The molecule has 1 unspecified atom stereocenters. The van der Waals surface area contributed by atoms with Crippen molar-refractivity contribution in [2.24, 2.45) is 0 Å². The lowest BCUT2D eigenvalue weighted by Gasteiger charge is -2.08. The highest BCUT2D eigenvalue weighted by Gasteiger charge is 1.95. The second-order valence-electron chi connectivity index (χ2n) is 2.35. The lowest BCUT2D eigenvalue weighted by Crippen LogP contribution is -2.25. The van der Waals surface area contributed by atoms with Crippen LogP contribution in [0.1, 0.15) is 19.8 Å². The zero-order valence-electron chi connectivity index (χ0n) is 6.56. The van der Waals surface area contributed by atoms with Gasteiger partial charge in [-0.15, -0.1) is 13.0 Å². The standard InChI is InChI=1S/C9H15N/c1-4-6-7-9(3)10-8-5-2/h2,4,9-10H,1,6-8H2,3H3. The summed E-state index contributed by atoms with van der Waals surface area (Å²) in [6.45, 7) is 6.44. The second kappa shape index (κ2) is 6.38. The molecule has 0 saturated heterocycles. The van der Waals surface area contributed by atoms with Gasteiger partial charge >= 0.3 is 0 Å². The number of terminal acetylenes is 1. The smallest absolute Gasteiger partial charge is 0.0575 e. The van der Waals surface area contributed by atoms with E-state index >= 15 is 0 Å². The summed E-state index contributed by atoms with van der Waals surface area (Å²) in [4.78, 5) is 0. The first-order chi connectivity index (χ1) is 4.81. The van der Waals surface area contributed by atoms with Crippen LogP contribution in [0.25, 0.3) is 0 Å². The van der Waals surface area contributed by atoms with Crippen molar-refractivity contribution in [1.82, 2.24) is 5.32 Å². The van der Waals surface area contributed by atoms with Crippen LogP contribution in [0, 0.1) is 12.3 Å². The number of hydrogen-bond donors (Lipinski definition) is 1. The number of nitrogens with one attached hydrogen (secondary N) is 1. The Hall–Kier alpha value is -0.740. The van der Waals surface area contributed by atoms with Crippen LogP contribution in [-0.4, -0.2) is 12.6 Å². The summed E-state index contributed by atoms with van der Waals surface area (Å²) in [7, 11) is 0. The number of rotatable bonds is 5. The molecule has 0 bridgehead atoms. The Bertz CT molecular complexity index is 121. The van der Waals surface area contributed by atoms with Gasteiger partial charge in [-0.3, -0.25) is 0 Å². The Balaban J connectivity index is 3.17. The van der Waals surface area contributed by atoms with Gasteiger partial charge in [-0.25, -0.2) is 0 Å². The van der Waals surface area contributed by atoms with Gasteiger partial charge in [0.05, 0.1) is 6.54 Å². The predicted octanol–water partition coefficient (Wildman–Crippen LogP) is 1.56. The third kappa shape index (κ3) is 5.40. The average Bonchev–Trinajstić information content (AvgIpc) is 1.97. The molecule has 0 fully saturated rings. The summed E-state index contributed by atoms with van der Waals surface area (Å²) in [5, 5.41) is 3.18. The van der Waals surface area contributed by atoms with Crippen LogP contribution in [0.5, 0.6) is 0 Å². The van der Waals surface area contributed by atoms with E-state index in [9.17, 15) is 0 Å². The highest BCUT2D eigenvalue weighted by atomic mass is 14.9. The highest BCUT2D eigenvalue weighted by Crippen LogP contribution is 1.95. The van der Waals surface area contributed by atoms with Crippen LogP contribution < -0.4 is 5.32 Å². The third-order valence-corrected chi connectivity index (χ3v) is 1.36. The van der Waals surface area contributed by atoms with Gasteiger partial charge < -0.3 is 5.32 Å². The molecule has 0 amide bonds. The fourth-order valence-corrected chi connectivity index (χ4v) is 0.703. The minimum atomic E-state index is 0.508. The first-order valence-electron chi connectivity index (χ1n) is 3.59. The van der Waals surface area contributed by atoms with E-state index in [-0.39, 0.29) is 0 Å². The normalized spacial score (nSPS) is 12.0. The summed E-state index contributed by atoms with van der Waals surface area (Å²) in [5.74, 6) is 2.54. The zero-order chi connectivity index (χ0) is 7.82. The van der Waals surface area contributed by atoms with Gasteiger partial charge in [0.25, 0.3) is 0 Å². The molecule has 0 radical (unpaired) electrons. The molecule has 1 atom stereocenters. The maximum Gasteiger partial charge on any atom is 0.0575 e. The van der Waals surface area contributed by atoms with E-state index in [0.717, 1.165) is 12.8 Å². The SMILES string of the molecule is C#CCNC(C)CCC=C. The first-order valence-corrected chi connectivity index (χ1v) is 3.59. The maximum atomic E-state index is 5.07. The molecule has 56 valence electrons. The molecule has 10 heavy (non-hydrogen) atoms. The van der Waals surface area contributed by atoms with E-state index < -0.39 is 0 Å². The zero-order valence-corrected chi connectivity index (χ0v) is 6.56. The Morgan fingerprint density at radius 1 is 1.80 bits per heavy atom. The molecule has 1 nitrogen and oxygen atoms in total. The van der Waals surface area contributed by atoms with Gasteiger partial charge in [-0.1, -0.05) is 12.0 Å². The topological polar surface area (TPSA) is 12.0 Å². The van der Waals surface area contributed by atoms with Crippen molar-refractivity contribution in [2.45, 2.75) is 25.8 Å². The van der Waals surface area contributed by atoms with Crippen molar-refractivity contribution in [2.75, 3.05) is 6.54 Å². The van der Waals surface area contributed by atoms with Crippen LogP contribution in [0.3, 0.4) is 0 Å². The maximum absolute atomic E-state index is 5.07. The molecule has 0 aromatic heterocycles. The summed E-state index contributed by atoms with van der Waals surface area (Å²) in [5.41, 5.74) is 0. The quantitative estimate of drug-likeness (QED) is 0.448. The Morgan fingerprint density at radius 3 is 3.00 bits per heavy atom. The van der Waals surface area contributed by atoms with Gasteiger partial charge in [0.2, 0.25) is 0 Å². The third-order valence-electron chi connectivity index (χ3n) is 1.36. The Kier molecular flexibility index (Phi) is 5.91. The molecular weight excluding hydrogens is 122 g/mol. The molecule has 0 rings (SSSR count). The molecule has 1 heteroatoms. The molecule has 0 aromatic rings. The lowest BCUT2D eigenvalue weighted by atomic mass is 10.2. The second-order valence-corrected chi connectivity index (χ2v) is 2.35. The van der Waals surface area contributed by atoms with Crippen molar-refractivity contribution in [3.8, 4) is 12.3 Å². The minimum Gasteiger partial charge on any atom is -0.304 e. The van der Waals surface area contributed by atoms with Gasteiger partial charge in [-0.2, -0.15) is 0 Å². The minimum absolute atomic E-state index is 0.508. The summed E-state index contributed by atoms with van der Waals surface area (Å²) in [6, 6.07) is 0.508. The summed E-state index contributed by atoms with van der Waals surface area (Å²) < 4.78 is 0. The molecule has 1 N–H and O–H groups in total. The molecule has 0 spiro atoms. The molecule has 0 aromatic carbocycles. The molecule has 0 aliphatic rings. The molecule has 0 heterocycles. The average molecular weight is 137 g/mol. The number of hydrogen-bond acceptors (Lipinski definition) is 1. The molecule has 0 saturated carbocycles. The van der Waals surface area contributed by atoms with Crippen molar-refractivity contribution in [3.63, 3.8) is 0 Å². The van der Waals surface area contributed by atoms with Crippen LogP contribution in [0.15, 0.2) is 12.7 Å². The van der Waals surface area contributed by atoms with Crippen LogP contribution in [0.4, 0.5) is 0 Å². The van der Waals surface area contributed by atoms with Crippen molar-refractivity contribution >= 4 is 0 Å². The summed E-state index contributed by atoms with van der Waals surface area (Å²) >= 11 is 0. The van der Waals surface area contributed by atoms with Gasteiger partial charge in [0, 0.05) is 6.04 Å². The Labute approximate surface area is 63.5 Å². The van der Waals surface area contributed by atoms with Crippen molar-refractivity contribution in [3.05, 3.63) is 12.7 Å². The highest BCUT2D eigenvalue weighted by molar-refractivity contribution is 4.87. The fraction of sp³-hybridized carbons (Fsp3) is 0.556. The lowest BCUT2D eigenvalue weighted by molar-refractivity contribution is 0.552. The van der Waals surface area contributed by atoms with Gasteiger partial charge in [-0.05, 0) is 19.8 Å². The fourth-order valence-electron chi connectivity index (χ4n) is 0.703. The first kappa shape index (κ1) is 9.26. The van der Waals surface area contributed by atoms with Crippen molar-refractivity contribution in [1.29, 1.82) is 0 Å². The van der Waals surface area contributed by atoms with Crippen molar-refractivity contribution < 1.29 is 0 Å². The van der Waals surface area contributed by atoms with Crippen LogP contribution in [0.2, 0.25) is 0 Å².